The predicted octanol–water partition coefficient (Wildman–Crippen LogP) is 3.17. The van der Waals surface area contributed by atoms with Crippen molar-refractivity contribution in [3.8, 4) is 17.6 Å². The first-order valence-corrected chi connectivity index (χ1v) is 6.70. The van der Waals surface area contributed by atoms with Gasteiger partial charge in [-0.25, -0.2) is 0 Å². The van der Waals surface area contributed by atoms with Crippen molar-refractivity contribution in [1.29, 1.82) is 5.26 Å². The molecule has 2 aromatic rings. The van der Waals surface area contributed by atoms with Gasteiger partial charge in [0.25, 0.3) is 0 Å². The monoisotopic (exact) mass is 282 g/mol. The molecule has 0 spiro atoms. The first-order chi connectivity index (χ1) is 10.2. The molecule has 0 aliphatic carbocycles. The van der Waals surface area contributed by atoms with E-state index >= 15 is 0 Å². The van der Waals surface area contributed by atoms with Crippen molar-refractivity contribution >= 4 is 0 Å². The van der Waals surface area contributed by atoms with E-state index in [0.29, 0.717) is 23.7 Å². The molecule has 0 amide bonds. The van der Waals surface area contributed by atoms with Crippen LogP contribution in [0.3, 0.4) is 0 Å². The zero-order valence-corrected chi connectivity index (χ0v) is 12.2. The molecule has 4 nitrogen and oxygen atoms in total. The molecule has 0 aliphatic heterocycles. The van der Waals surface area contributed by atoms with Crippen LogP contribution in [0.1, 0.15) is 29.7 Å². The highest BCUT2D eigenvalue weighted by molar-refractivity contribution is 5.44. The summed E-state index contributed by atoms with van der Waals surface area (Å²) in [7, 11) is 1.59. The number of hydrogen-bond donors (Lipinski definition) is 1. The smallest absolute Gasteiger partial charge is 0.161 e. The fourth-order valence-corrected chi connectivity index (χ4v) is 2.00. The molecule has 0 heterocycles. The average Bonchev–Trinajstić information content (AvgIpc) is 2.52. The van der Waals surface area contributed by atoms with Crippen LogP contribution < -0.4 is 15.2 Å². The number of hydrogen-bond acceptors (Lipinski definition) is 4. The minimum Gasteiger partial charge on any atom is -0.493 e. The molecule has 0 aromatic heterocycles. The molecular formula is C17H18N2O2. The second-order valence-corrected chi connectivity index (χ2v) is 4.76. The van der Waals surface area contributed by atoms with Crippen molar-refractivity contribution in [3.05, 3.63) is 59.2 Å². The van der Waals surface area contributed by atoms with Gasteiger partial charge in [-0.3, -0.25) is 0 Å². The van der Waals surface area contributed by atoms with Crippen molar-refractivity contribution in [2.75, 3.05) is 7.11 Å². The Morgan fingerprint density at radius 2 is 1.95 bits per heavy atom. The van der Waals surface area contributed by atoms with Gasteiger partial charge < -0.3 is 15.2 Å². The van der Waals surface area contributed by atoms with Crippen LogP contribution in [0.15, 0.2) is 42.5 Å². The summed E-state index contributed by atoms with van der Waals surface area (Å²) in [6.07, 6.45) is 0. The summed E-state index contributed by atoms with van der Waals surface area (Å²) >= 11 is 0. The standard InChI is InChI=1S/C17H18N2O2/c1-12(19)13-7-8-16(17(9-13)20-2)21-11-15-6-4-3-5-14(15)10-18/h3-9,12H,11,19H2,1-2H3. The molecule has 1 atom stereocenters. The van der Waals surface area contributed by atoms with Crippen LogP contribution in [0, 0.1) is 11.3 Å². The van der Waals surface area contributed by atoms with E-state index in [-0.39, 0.29) is 6.04 Å². The lowest BCUT2D eigenvalue weighted by Gasteiger charge is -2.14. The maximum atomic E-state index is 9.07. The Kier molecular flexibility index (Phi) is 4.81. The lowest BCUT2D eigenvalue weighted by atomic mass is 10.1. The zero-order chi connectivity index (χ0) is 15.2. The number of nitriles is 1. The molecule has 21 heavy (non-hydrogen) atoms. The maximum absolute atomic E-state index is 9.07. The molecule has 0 saturated carbocycles. The maximum Gasteiger partial charge on any atom is 0.161 e. The second kappa shape index (κ2) is 6.78. The largest absolute Gasteiger partial charge is 0.493 e. The summed E-state index contributed by atoms with van der Waals surface area (Å²) < 4.78 is 11.1. The third kappa shape index (κ3) is 3.53. The van der Waals surface area contributed by atoms with Crippen molar-refractivity contribution in [1.82, 2.24) is 0 Å². The highest BCUT2D eigenvalue weighted by Crippen LogP contribution is 2.30. The Balaban J connectivity index is 2.18. The van der Waals surface area contributed by atoms with E-state index < -0.39 is 0 Å². The van der Waals surface area contributed by atoms with Crippen molar-refractivity contribution in [2.24, 2.45) is 5.73 Å². The van der Waals surface area contributed by atoms with E-state index in [4.69, 9.17) is 20.5 Å². The number of benzene rings is 2. The Bertz CT molecular complexity index is 660. The molecule has 4 heteroatoms. The summed E-state index contributed by atoms with van der Waals surface area (Å²) in [5.74, 6) is 1.27. The van der Waals surface area contributed by atoms with E-state index in [1.54, 1.807) is 13.2 Å². The van der Waals surface area contributed by atoms with Crippen LogP contribution in [-0.4, -0.2) is 7.11 Å². The van der Waals surface area contributed by atoms with Crippen molar-refractivity contribution in [2.45, 2.75) is 19.6 Å². The third-order valence-electron chi connectivity index (χ3n) is 3.23. The number of nitrogens with zero attached hydrogens (tertiary/aromatic N) is 1. The van der Waals surface area contributed by atoms with Gasteiger partial charge in [-0.05, 0) is 30.7 Å². The van der Waals surface area contributed by atoms with Gasteiger partial charge in [-0.2, -0.15) is 5.26 Å². The third-order valence-corrected chi connectivity index (χ3v) is 3.23. The SMILES string of the molecule is COc1cc(C(C)N)ccc1OCc1ccccc1C#N. The lowest BCUT2D eigenvalue weighted by Crippen LogP contribution is -2.06. The minimum absolute atomic E-state index is 0.0627. The summed E-state index contributed by atoms with van der Waals surface area (Å²) in [6.45, 7) is 2.23. The Labute approximate surface area is 124 Å². The molecule has 108 valence electrons. The van der Waals surface area contributed by atoms with Gasteiger partial charge >= 0.3 is 0 Å². The fraction of sp³-hybridized carbons (Fsp3) is 0.235. The molecule has 0 saturated heterocycles. The molecule has 2 rings (SSSR count). The van der Waals surface area contributed by atoms with Gasteiger partial charge in [0.1, 0.15) is 6.61 Å². The number of nitrogens with two attached hydrogens (primary N) is 1. The van der Waals surface area contributed by atoms with Gasteiger partial charge in [0.05, 0.1) is 18.7 Å². The van der Waals surface area contributed by atoms with Gasteiger partial charge in [0, 0.05) is 11.6 Å². The van der Waals surface area contributed by atoms with Crippen molar-refractivity contribution in [3.63, 3.8) is 0 Å². The Hall–Kier alpha value is -2.51. The molecular weight excluding hydrogens is 264 g/mol. The molecule has 0 bridgehead atoms. The Morgan fingerprint density at radius 3 is 2.62 bits per heavy atom. The average molecular weight is 282 g/mol. The predicted molar refractivity (Wildman–Crippen MR) is 81.1 cm³/mol. The van der Waals surface area contributed by atoms with Gasteiger partial charge in [-0.1, -0.05) is 24.3 Å². The number of rotatable bonds is 5. The number of ether oxygens (including phenoxy) is 2. The first-order valence-electron chi connectivity index (χ1n) is 6.70. The summed E-state index contributed by atoms with van der Waals surface area (Å²) in [5, 5.41) is 9.07. The van der Waals surface area contributed by atoms with E-state index in [1.807, 2.05) is 43.3 Å². The van der Waals surface area contributed by atoms with Crippen LogP contribution in [0.4, 0.5) is 0 Å². The lowest BCUT2D eigenvalue weighted by molar-refractivity contribution is 0.284. The summed E-state index contributed by atoms with van der Waals surface area (Å²) in [6, 6.07) is 15.1. The zero-order valence-electron chi connectivity index (χ0n) is 12.2. The van der Waals surface area contributed by atoms with E-state index in [2.05, 4.69) is 6.07 Å². The van der Waals surface area contributed by atoms with Crippen LogP contribution in [0.25, 0.3) is 0 Å². The molecule has 1 unspecified atom stereocenters. The normalized spacial score (nSPS) is 11.5. The summed E-state index contributed by atoms with van der Waals surface area (Å²) in [4.78, 5) is 0. The van der Waals surface area contributed by atoms with E-state index in [0.717, 1.165) is 11.1 Å². The van der Waals surface area contributed by atoms with Crippen LogP contribution in [-0.2, 0) is 6.61 Å². The molecule has 2 aromatic carbocycles. The van der Waals surface area contributed by atoms with Crippen LogP contribution in [0.2, 0.25) is 0 Å². The molecule has 0 aliphatic rings. The van der Waals surface area contributed by atoms with E-state index in [1.165, 1.54) is 0 Å². The van der Waals surface area contributed by atoms with Crippen molar-refractivity contribution < 1.29 is 9.47 Å². The first kappa shape index (κ1) is 14.9. The topological polar surface area (TPSA) is 68.3 Å². The van der Waals surface area contributed by atoms with Gasteiger partial charge in [0.2, 0.25) is 0 Å². The number of methoxy groups -OCH3 is 1. The summed E-state index contributed by atoms with van der Waals surface area (Å²) in [5.41, 5.74) is 8.30. The van der Waals surface area contributed by atoms with Gasteiger partial charge in [0.15, 0.2) is 11.5 Å². The van der Waals surface area contributed by atoms with Crippen LogP contribution in [0.5, 0.6) is 11.5 Å². The second-order valence-electron chi connectivity index (χ2n) is 4.76. The molecule has 0 fully saturated rings. The highest BCUT2D eigenvalue weighted by Gasteiger charge is 2.09. The minimum atomic E-state index is -0.0627. The highest BCUT2D eigenvalue weighted by atomic mass is 16.5. The molecule has 0 radical (unpaired) electrons. The fourth-order valence-electron chi connectivity index (χ4n) is 2.00. The molecule has 2 N–H and O–H groups in total. The van der Waals surface area contributed by atoms with E-state index in [9.17, 15) is 0 Å². The van der Waals surface area contributed by atoms with Gasteiger partial charge in [-0.15, -0.1) is 0 Å². The van der Waals surface area contributed by atoms with Crippen LogP contribution >= 0.6 is 0 Å². The quantitative estimate of drug-likeness (QED) is 0.914. The Morgan fingerprint density at radius 1 is 1.19 bits per heavy atom.